The van der Waals surface area contributed by atoms with Gasteiger partial charge < -0.3 is 14.5 Å². The molecule has 0 aliphatic carbocycles. The number of nitrogens with zero attached hydrogens (tertiary/aromatic N) is 2. The van der Waals surface area contributed by atoms with Crippen molar-refractivity contribution < 1.29 is 23.1 Å². The normalized spacial score (nSPS) is 10.8. The summed E-state index contributed by atoms with van der Waals surface area (Å²) < 4.78 is 24.3. The molecule has 0 aliphatic rings. The molecule has 0 bridgehead atoms. The number of benzene rings is 1. The lowest BCUT2D eigenvalue weighted by Crippen LogP contribution is -2.32. The van der Waals surface area contributed by atoms with Crippen LogP contribution in [0.2, 0.25) is 0 Å². The molecule has 1 N–H and O–H groups in total. The fourth-order valence-corrected chi connectivity index (χ4v) is 2.71. The Morgan fingerprint density at radius 3 is 2.68 bits per heavy atom. The van der Waals surface area contributed by atoms with Gasteiger partial charge in [0, 0.05) is 6.54 Å². The Kier molecular flexibility index (Phi) is 5.53. The number of esters is 1. The monoisotopic (exact) mass is 387 g/mol. The van der Waals surface area contributed by atoms with Crippen LogP contribution < -0.4 is 10.9 Å². The molecule has 0 atom stereocenters. The van der Waals surface area contributed by atoms with E-state index in [1.165, 1.54) is 25.4 Å². The largest absolute Gasteiger partial charge is 0.462 e. The fraction of sp³-hybridized carbons (Fsp3) is 0.263. The summed E-state index contributed by atoms with van der Waals surface area (Å²) in [4.78, 5) is 41.1. The Bertz CT molecular complexity index is 1090. The molecule has 0 fully saturated rings. The first-order valence-electron chi connectivity index (χ1n) is 8.57. The number of hydrogen-bond donors (Lipinski definition) is 1. The number of fused-ring (bicyclic) bond motifs is 1. The summed E-state index contributed by atoms with van der Waals surface area (Å²) >= 11 is 0. The number of rotatable bonds is 6. The van der Waals surface area contributed by atoms with E-state index in [2.05, 4.69) is 10.3 Å². The minimum atomic E-state index is -0.684. The van der Waals surface area contributed by atoms with Gasteiger partial charge in [-0.25, -0.2) is 14.2 Å². The highest BCUT2D eigenvalue weighted by Gasteiger charge is 2.24. The van der Waals surface area contributed by atoms with Crippen molar-refractivity contribution in [1.82, 2.24) is 14.9 Å². The molecular weight excluding hydrogens is 369 g/mol. The van der Waals surface area contributed by atoms with Crippen molar-refractivity contribution in [3.8, 4) is 0 Å². The average molecular weight is 387 g/mol. The van der Waals surface area contributed by atoms with E-state index in [4.69, 9.17) is 9.15 Å². The molecule has 0 aliphatic heterocycles. The Morgan fingerprint density at radius 2 is 2.00 bits per heavy atom. The van der Waals surface area contributed by atoms with E-state index in [9.17, 15) is 18.8 Å². The van der Waals surface area contributed by atoms with Gasteiger partial charge in [0.2, 0.25) is 11.6 Å². The predicted molar refractivity (Wildman–Crippen MR) is 97.2 cm³/mol. The van der Waals surface area contributed by atoms with E-state index in [0.29, 0.717) is 5.56 Å². The summed E-state index contributed by atoms with van der Waals surface area (Å²) in [5.74, 6) is -1.27. The van der Waals surface area contributed by atoms with Gasteiger partial charge in [0.15, 0.2) is 0 Å². The number of furan rings is 1. The Morgan fingerprint density at radius 1 is 1.29 bits per heavy atom. The molecule has 8 nitrogen and oxygen atoms in total. The summed E-state index contributed by atoms with van der Waals surface area (Å²) in [6.45, 7) is 3.22. The minimum absolute atomic E-state index is 0.00789. The van der Waals surface area contributed by atoms with Crippen molar-refractivity contribution in [2.45, 2.75) is 26.9 Å². The van der Waals surface area contributed by atoms with Gasteiger partial charge in [-0.2, -0.15) is 0 Å². The minimum Gasteiger partial charge on any atom is -0.462 e. The maximum absolute atomic E-state index is 12.9. The summed E-state index contributed by atoms with van der Waals surface area (Å²) in [6.07, 6.45) is 1.18. The molecule has 9 heteroatoms. The molecule has 1 amide bonds. The molecule has 146 valence electrons. The van der Waals surface area contributed by atoms with Crippen molar-refractivity contribution in [2.75, 3.05) is 6.61 Å². The molecule has 2 aromatic heterocycles. The third kappa shape index (κ3) is 3.93. The van der Waals surface area contributed by atoms with Crippen LogP contribution in [0.1, 0.15) is 28.6 Å². The Hall–Kier alpha value is -3.49. The lowest BCUT2D eigenvalue weighted by molar-refractivity contribution is -0.121. The van der Waals surface area contributed by atoms with Crippen LogP contribution in [0.5, 0.6) is 0 Å². The number of halogens is 1. The zero-order chi connectivity index (χ0) is 20.3. The number of aryl methyl sites for hydroxylation is 1. The van der Waals surface area contributed by atoms with Gasteiger partial charge in [0.1, 0.15) is 35.4 Å². The van der Waals surface area contributed by atoms with Crippen molar-refractivity contribution in [3.63, 3.8) is 0 Å². The van der Waals surface area contributed by atoms with Crippen LogP contribution in [0.4, 0.5) is 4.39 Å². The third-order valence-corrected chi connectivity index (χ3v) is 4.05. The van der Waals surface area contributed by atoms with E-state index in [-0.39, 0.29) is 47.9 Å². The maximum atomic E-state index is 12.9. The van der Waals surface area contributed by atoms with Crippen molar-refractivity contribution in [3.05, 3.63) is 63.7 Å². The highest BCUT2D eigenvalue weighted by molar-refractivity contribution is 6.03. The fourth-order valence-electron chi connectivity index (χ4n) is 2.71. The molecule has 0 unspecified atom stereocenters. The van der Waals surface area contributed by atoms with Crippen LogP contribution in [-0.4, -0.2) is 28.0 Å². The molecule has 0 spiro atoms. The smallest absolute Gasteiger partial charge is 0.342 e. The van der Waals surface area contributed by atoms with E-state index < -0.39 is 17.4 Å². The van der Waals surface area contributed by atoms with E-state index in [0.717, 1.165) is 4.57 Å². The lowest BCUT2D eigenvalue weighted by atomic mass is 10.2. The first-order chi connectivity index (χ1) is 13.4. The Balaban J connectivity index is 1.81. The van der Waals surface area contributed by atoms with Crippen LogP contribution in [0.25, 0.3) is 11.1 Å². The maximum Gasteiger partial charge on any atom is 0.342 e. The van der Waals surface area contributed by atoms with Crippen molar-refractivity contribution >= 4 is 23.0 Å². The average Bonchev–Trinajstić information content (AvgIpc) is 3.00. The second-order valence-corrected chi connectivity index (χ2v) is 6.01. The second kappa shape index (κ2) is 8.03. The van der Waals surface area contributed by atoms with Gasteiger partial charge in [-0.05, 0) is 31.5 Å². The van der Waals surface area contributed by atoms with Gasteiger partial charge in [0.05, 0.1) is 6.61 Å². The molecule has 0 saturated heterocycles. The molecule has 1 aromatic carbocycles. The van der Waals surface area contributed by atoms with Crippen molar-refractivity contribution in [2.24, 2.45) is 0 Å². The topological polar surface area (TPSA) is 103 Å². The summed E-state index contributed by atoms with van der Waals surface area (Å²) in [5.41, 5.74) is 0.150. The predicted octanol–water partition coefficient (Wildman–Crippen LogP) is 1.93. The van der Waals surface area contributed by atoms with Crippen LogP contribution in [0.3, 0.4) is 0 Å². The van der Waals surface area contributed by atoms with Gasteiger partial charge in [0.25, 0.3) is 5.56 Å². The number of aromatic nitrogens is 2. The number of nitrogens with one attached hydrogen (secondary N) is 1. The molecule has 3 aromatic rings. The van der Waals surface area contributed by atoms with Gasteiger partial charge in [-0.3, -0.25) is 14.2 Å². The molecule has 2 heterocycles. The number of carbonyl (C=O) groups is 2. The van der Waals surface area contributed by atoms with Gasteiger partial charge in [-0.1, -0.05) is 12.1 Å². The quantitative estimate of drug-likeness (QED) is 0.648. The van der Waals surface area contributed by atoms with Crippen LogP contribution >= 0.6 is 0 Å². The number of carbonyl (C=O) groups excluding carboxylic acids is 2. The zero-order valence-corrected chi connectivity index (χ0v) is 15.3. The van der Waals surface area contributed by atoms with Crippen LogP contribution in [-0.2, 0) is 22.6 Å². The summed E-state index contributed by atoms with van der Waals surface area (Å²) in [7, 11) is 0. The highest BCUT2D eigenvalue weighted by Crippen LogP contribution is 2.21. The number of hydrogen-bond acceptors (Lipinski definition) is 6. The lowest BCUT2D eigenvalue weighted by Gasteiger charge is -2.07. The summed E-state index contributed by atoms with van der Waals surface area (Å²) in [6, 6.07) is 5.69. The molecule has 28 heavy (non-hydrogen) atoms. The van der Waals surface area contributed by atoms with E-state index in [1.54, 1.807) is 19.1 Å². The van der Waals surface area contributed by atoms with Crippen LogP contribution in [0, 0.1) is 12.7 Å². The Labute approximate surface area is 158 Å². The summed E-state index contributed by atoms with van der Waals surface area (Å²) in [5, 5.41) is 2.62. The number of ether oxygens (including phenoxy) is 1. The standard InChI is InChI=1S/C19H18FN3O5/c1-3-27-19(26)15-11(2)28-17-16(15)18(25)23(10-22-17)9-14(24)21-8-12-4-6-13(20)7-5-12/h4-7,10H,3,8-9H2,1-2H3,(H,21,24). The SMILES string of the molecule is CCOC(=O)c1c(C)oc2ncn(CC(=O)NCc3ccc(F)cc3)c(=O)c12. The van der Waals surface area contributed by atoms with Gasteiger partial charge in [-0.15, -0.1) is 0 Å². The first-order valence-corrected chi connectivity index (χ1v) is 8.57. The molecular formula is C19H18FN3O5. The molecule has 0 saturated carbocycles. The van der Waals surface area contributed by atoms with Crippen LogP contribution in [0.15, 0.2) is 39.8 Å². The van der Waals surface area contributed by atoms with Crippen molar-refractivity contribution in [1.29, 1.82) is 0 Å². The van der Waals surface area contributed by atoms with E-state index in [1.807, 2.05) is 0 Å². The molecule has 3 rings (SSSR count). The number of amides is 1. The second-order valence-electron chi connectivity index (χ2n) is 6.01. The van der Waals surface area contributed by atoms with Gasteiger partial charge >= 0.3 is 5.97 Å². The zero-order valence-electron chi connectivity index (χ0n) is 15.3. The third-order valence-electron chi connectivity index (χ3n) is 4.05. The molecule has 0 radical (unpaired) electrons. The highest BCUT2D eigenvalue weighted by atomic mass is 19.1. The van der Waals surface area contributed by atoms with E-state index >= 15 is 0 Å². The first kappa shape index (κ1) is 19.3.